The highest BCUT2D eigenvalue weighted by molar-refractivity contribution is 7.15. The van der Waals surface area contributed by atoms with Crippen LogP contribution in [-0.2, 0) is 16.1 Å². The van der Waals surface area contributed by atoms with Gasteiger partial charge in [0.25, 0.3) is 0 Å². The number of benzene rings is 1. The summed E-state index contributed by atoms with van der Waals surface area (Å²) >= 11 is 1.42. The van der Waals surface area contributed by atoms with Crippen molar-refractivity contribution in [3.8, 4) is 5.75 Å². The van der Waals surface area contributed by atoms with Crippen molar-refractivity contribution in [2.45, 2.75) is 20.0 Å². The number of para-hydroxylation sites is 1. The SMILES string of the molecule is CCOC(=O)CCN1CCN=C1Nc1nnc(COc2ccccc2)s1. The molecule has 0 amide bonds. The fraction of sp³-hybridized carbons (Fsp3) is 0.412. The molecule has 138 valence electrons. The minimum Gasteiger partial charge on any atom is -0.486 e. The smallest absolute Gasteiger partial charge is 0.307 e. The molecule has 1 aromatic heterocycles. The molecule has 0 saturated carbocycles. The molecule has 1 aromatic carbocycles. The molecule has 26 heavy (non-hydrogen) atoms. The summed E-state index contributed by atoms with van der Waals surface area (Å²) < 4.78 is 10.6. The number of hydrogen-bond donors (Lipinski definition) is 1. The van der Waals surface area contributed by atoms with Gasteiger partial charge in [-0.05, 0) is 19.1 Å². The van der Waals surface area contributed by atoms with Gasteiger partial charge < -0.3 is 19.7 Å². The molecule has 0 unspecified atom stereocenters. The number of carbonyl (C=O) groups is 1. The molecule has 0 bridgehead atoms. The van der Waals surface area contributed by atoms with E-state index in [-0.39, 0.29) is 5.97 Å². The Kier molecular flexibility index (Phi) is 6.37. The van der Waals surface area contributed by atoms with Gasteiger partial charge in [0.1, 0.15) is 12.4 Å². The maximum Gasteiger partial charge on any atom is 0.307 e. The van der Waals surface area contributed by atoms with Gasteiger partial charge in [-0.15, -0.1) is 10.2 Å². The van der Waals surface area contributed by atoms with Gasteiger partial charge in [0.2, 0.25) is 5.13 Å². The summed E-state index contributed by atoms with van der Waals surface area (Å²) in [5.74, 6) is 1.30. The summed E-state index contributed by atoms with van der Waals surface area (Å²) in [6.45, 7) is 4.59. The molecule has 2 aromatic rings. The Morgan fingerprint density at radius 3 is 2.96 bits per heavy atom. The lowest BCUT2D eigenvalue weighted by atomic mass is 10.3. The second-order valence-electron chi connectivity index (χ2n) is 5.48. The average molecular weight is 375 g/mol. The van der Waals surface area contributed by atoms with E-state index in [1.165, 1.54) is 11.3 Å². The number of carbonyl (C=O) groups excluding carboxylic acids is 1. The van der Waals surface area contributed by atoms with Gasteiger partial charge in [-0.2, -0.15) is 0 Å². The van der Waals surface area contributed by atoms with Crippen molar-refractivity contribution in [2.24, 2.45) is 4.99 Å². The van der Waals surface area contributed by atoms with Gasteiger partial charge in [0.15, 0.2) is 11.0 Å². The van der Waals surface area contributed by atoms with E-state index in [4.69, 9.17) is 9.47 Å². The molecule has 0 atom stereocenters. The van der Waals surface area contributed by atoms with Gasteiger partial charge in [-0.3, -0.25) is 9.79 Å². The summed E-state index contributed by atoms with van der Waals surface area (Å²) in [5, 5.41) is 12.9. The molecule has 1 aliphatic heterocycles. The summed E-state index contributed by atoms with van der Waals surface area (Å²) in [4.78, 5) is 18.0. The number of guanidine groups is 1. The van der Waals surface area contributed by atoms with Crippen LogP contribution in [0.4, 0.5) is 5.13 Å². The van der Waals surface area contributed by atoms with Crippen LogP contribution in [0, 0.1) is 0 Å². The fourth-order valence-electron chi connectivity index (χ4n) is 2.40. The van der Waals surface area contributed by atoms with Crippen molar-refractivity contribution in [3.63, 3.8) is 0 Å². The van der Waals surface area contributed by atoms with Crippen LogP contribution in [0.2, 0.25) is 0 Å². The first kappa shape index (κ1) is 18.1. The topological polar surface area (TPSA) is 88.9 Å². The molecule has 0 spiro atoms. The van der Waals surface area contributed by atoms with Crippen molar-refractivity contribution in [1.29, 1.82) is 0 Å². The van der Waals surface area contributed by atoms with E-state index < -0.39 is 0 Å². The van der Waals surface area contributed by atoms with Crippen LogP contribution in [0.1, 0.15) is 18.4 Å². The van der Waals surface area contributed by atoms with Gasteiger partial charge in [0, 0.05) is 13.1 Å². The summed E-state index contributed by atoms with van der Waals surface area (Å²) in [5.41, 5.74) is 0. The summed E-state index contributed by atoms with van der Waals surface area (Å²) in [7, 11) is 0. The number of aromatic nitrogens is 2. The molecule has 3 rings (SSSR count). The summed E-state index contributed by atoms with van der Waals surface area (Å²) in [6, 6.07) is 9.58. The first-order chi connectivity index (χ1) is 12.7. The Hall–Kier alpha value is -2.68. The van der Waals surface area contributed by atoms with E-state index >= 15 is 0 Å². The number of hydrogen-bond acceptors (Lipinski definition) is 9. The zero-order chi connectivity index (χ0) is 18.2. The third-order valence-electron chi connectivity index (χ3n) is 3.61. The van der Waals surface area contributed by atoms with E-state index in [2.05, 4.69) is 20.5 Å². The third-order valence-corrected chi connectivity index (χ3v) is 4.43. The van der Waals surface area contributed by atoms with E-state index in [0.29, 0.717) is 43.8 Å². The molecular weight excluding hydrogens is 354 g/mol. The van der Waals surface area contributed by atoms with E-state index in [9.17, 15) is 4.79 Å². The second kappa shape index (κ2) is 9.14. The minimum absolute atomic E-state index is 0.199. The first-order valence-corrected chi connectivity index (χ1v) is 9.28. The Morgan fingerprint density at radius 2 is 2.15 bits per heavy atom. The van der Waals surface area contributed by atoms with Crippen molar-refractivity contribution in [3.05, 3.63) is 35.3 Å². The van der Waals surface area contributed by atoms with E-state index in [0.717, 1.165) is 17.3 Å². The number of anilines is 1. The number of esters is 1. The maximum absolute atomic E-state index is 11.5. The van der Waals surface area contributed by atoms with Crippen LogP contribution in [0.5, 0.6) is 5.75 Å². The molecule has 8 nitrogen and oxygen atoms in total. The standard InChI is InChI=1S/C17H21N5O3S/c1-2-24-15(23)8-10-22-11-9-18-16(22)19-17-21-20-14(26-17)12-25-13-6-4-3-5-7-13/h3-7H,2,8-12H2,1H3,(H,18,19,21). The molecule has 2 heterocycles. The van der Waals surface area contributed by atoms with Crippen LogP contribution in [0.15, 0.2) is 35.3 Å². The number of ether oxygens (including phenoxy) is 2. The predicted octanol–water partition coefficient (Wildman–Crippen LogP) is 2.15. The van der Waals surface area contributed by atoms with Crippen LogP contribution in [0.3, 0.4) is 0 Å². The molecule has 0 radical (unpaired) electrons. The number of rotatable bonds is 8. The largest absolute Gasteiger partial charge is 0.486 e. The lowest BCUT2D eigenvalue weighted by molar-refractivity contribution is -0.143. The minimum atomic E-state index is -0.199. The Balaban J connectivity index is 1.49. The van der Waals surface area contributed by atoms with Gasteiger partial charge >= 0.3 is 5.97 Å². The van der Waals surface area contributed by atoms with Gasteiger partial charge in [-0.1, -0.05) is 29.5 Å². The molecular formula is C17H21N5O3S. The van der Waals surface area contributed by atoms with Crippen molar-refractivity contribution >= 4 is 28.4 Å². The van der Waals surface area contributed by atoms with Crippen LogP contribution in [-0.4, -0.2) is 53.3 Å². The van der Waals surface area contributed by atoms with Crippen LogP contribution < -0.4 is 10.1 Å². The zero-order valence-corrected chi connectivity index (χ0v) is 15.4. The zero-order valence-electron chi connectivity index (χ0n) is 14.6. The molecule has 0 aliphatic carbocycles. The van der Waals surface area contributed by atoms with Gasteiger partial charge in [-0.25, -0.2) is 0 Å². The Bertz CT molecular complexity index is 750. The Labute approximate surface area is 155 Å². The van der Waals surface area contributed by atoms with Crippen molar-refractivity contribution in [2.75, 3.05) is 31.6 Å². The van der Waals surface area contributed by atoms with E-state index in [1.54, 1.807) is 6.92 Å². The number of nitrogens with zero attached hydrogens (tertiary/aromatic N) is 4. The van der Waals surface area contributed by atoms with Gasteiger partial charge in [0.05, 0.1) is 19.6 Å². The molecule has 1 N–H and O–H groups in total. The molecule has 9 heteroatoms. The monoisotopic (exact) mass is 375 g/mol. The third kappa shape index (κ3) is 5.16. The highest BCUT2D eigenvalue weighted by Gasteiger charge is 2.19. The maximum atomic E-state index is 11.5. The predicted molar refractivity (Wildman–Crippen MR) is 99.4 cm³/mol. The molecule has 1 aliphatic rings. The number of aliphatic imine (C=N–C) groups is 1. The lowest BCUT2D eigenvalue weighted by Gasteiger charge is -2.19. The van der Waals surface area contributed by atoms with Crippen LogP contribution in [0.25, 0.3) is 0 Å². The Morgan fingerprint density at radius 1 is 1.31 bits per heavy atom. The van der Waals surface area contributed by atoms with Crippen LogP contribution >= 0.6 is 11.3 Å². The van der Waals surface area contributed by atoms with Crippen molar-refractivity contribution < 1.29 is 14.3 Å². The molecule has 0 saturated heterocycles. The quantitative estimate of drug-likeness (QED) is 0.707. The average Bonchev–Trinajstić information content (AvgIpc) is 3.29. The highest BCUT2D eigenvalue weighted by Crippen LogP contribution is 2.19. The first-order valence-electron chi connectivity index (χ1n) is 8.47. The normalized spacial score (nSPS) is 13.4. The molecule has 0 fully saturated rings. The fourth-order valence-corrected chi connectivity index (χ4v) is 3.04. The van der Waals surface area contributed by atoms with Crippen molar-refractivity contribution in [1.82, 2.24) is 15.1 Å². The highest BCUT2D eigenvalue weighted by atomic mass is 32.1. The number of nitrogens with one attached hydrogen (secondary N) is 1. The van der Waals surface area contributed by atoms with E-state index in [1.807, 2.05) is 35.2 Å². The lowest BCUT2D eigenvalue weighted by Crippen LogP contribution is -2.35. The second-order valence-corrected chi connectivity index (χ2v) is 6.54. The summed E-state index contributed by atoms with van der Waals surface area (Å²) in [6.07, 6.45) is 0.334.